The maximum atomic E-state index is 5.55. The molecule has 0 saturated carbocycles. The van der Waals surface area contributed by atoms with Gasteiger partial charge in [-0.15, -0.1) is 6.42 Å². The zero-order chi connectivity index (χ0) is 13.9. The van der Waals surface area contributed by atoms with Crippen molar-refractivity contribution in [2.24, 2.45) is 0 Å². The van der Waals surface area contributed by atoms with E-state index in [2.05, 4.69) is 31.3 Å². The highest BCUT2D eigenvalue weighted by Gasteiger charge is 2.19. The summed E-state index contributed by atoms with van der Waals surface area (Å²) in [5.74, 6) is 3.25. The molecule has 0 bridgehead atoms. The zero-order valence-electron chi connectivity index (χ0n) is 11.0. The average molecular weight is 258 g/mol. The summed E-state index contributed by atoms with van der Waals surface area (Å²) in [4.78, 5) is 12.5. The van der Waals surface area contributed by atoms with Crippen molar-refractivity contribution in [2.45, 2.75) is 19.4 Å². The molecule has 2 aromatic heterocycles. The van der Waals surface area contributed by atoms with Crippen molar-refractivity contribution >= 4 is 5.95 Å². The second kappa shape index (κ2) is 4.94. The number of hydrogen-bond acceptors (Lipinski definition) is 6. The Kier molecular flexibility index (Phi) is 3.33. The van der Waals surface area contributed by atoms with Crippen molar-refractivity contribution in [1.29, 1.82) is 0 Å². The molecule has 0 spiro atoms. The molecule has 19 heavy (non-hydrogen) atoms. The van der Waals surface area contributed by atoms with Crippen LogP contribution in [0, 0.1) is 12.3 Å². The molecule has 0 saturated heterocycles. The third kappa shape index (κ3) is 2.98. The van der Waals surface area contributed by atoms with Crippen molar-refractivity contribution in [2.75, 3.05) is 12.4 Å². The van der Waals surface area contributed by atoms with Crippen molar-refractivity contribution in [1.82, 2.24) is 24.7 Å². The molecule has 7 nitrogen and oxygen atoms in total. The lowest BCUT2D eigenvalue weighted by Crippen LogP contribution is -2.27. The maximum Gasteiger partial charge on any atom is 0.324 e. The topological polar surface area (TPSA) is 77.8 Å². The first-order chi connectivity index (χ1) is 9.04. The Morgan fingerprint density at radius 1 is 1.37 bits per heavy atom. The maximum absolute atomic E-state index is 5.55. The summed E-state index contributed by atoms with van der Waals surface area (Å²) in [6.07, 6.45) is 8.74. The molecule has 98 valence electrons. The fourth-order valence-electron chi connectivity index (χ4n) is 1.25. The number of hydrogen-bond donors (Lipinski definition) is 1. The molecule has 0 atom stereocenters. The molecule has 0 aliphatic rings. The summed E-state index contributed by atoms with van der Waals surface area (Å²) in [5, 5.41) is 6.90. The molecule has 2 heterocycles. The molecule has 0 aliphatic heterocycles. The van der Waals surface area contributed by atoms with Crippen LogP contribution in [0.3, 0.4) is 0 Å². The van der Waals surface area contributed by atoms with Crippen LogP contribution in [0.1, 0.15) is 13.8 Å². The summed E-state index contributed by atoms with van der Waals surface area (Å²) in [7, 11) is 1.71. The van der Waals surface area contributed by atoms with Crippen LogP contribution in [0.5, 0.6) is 6.01 Å². The van der Waals surface area contributed by atoms with Crippen molar-refractivity contribution in [3.05, 3.63) is 18.5 Å². The van der Waals surface area contributed by atoms with E-state index in [9.17, 15) is 0 Å². The Hall–Kier alpha value is -2.62. The first-order valence-electron chi connectivity index (χ1n) is 5.65. The summed E-state index contributed by atoms with van der Waals surface area (Å²) >= 11 is 0. The van der Waals surface area contributed by atoms with Crippen LogP contribution in [-0.2, 0) is 0 Å². The van der Waals surface area contributed by atoms with Gasteiger partial charge in [-0.2, -0.15) is 20.1 Å². The number of nitrogens with one attached hydrogen (secondary N) is 1. The number of rotatable bonds is 4. The number of terminal acetylenes is 1. The van der Waals surface area contributed by atoms with Gasteiger partial charge in [0.2, 0.25) is 5.95 Å². The predicted molar refractivity (Wildman–Crippen MR) is 70.0 cm³/mol. The van der Waals surface area contributed by atoms with Crippen LogP contribution >= 0.6 is 0 Å². The number of anilines is 1. The molecular weight excluding hydrogens is 244 g/mol. The SMILES string of the molecule is C#CC(C)(C)Oc1nc(NC)nc(-n2cccn2)n1. The average Bonchev–Trinajstić information content (AvgIpc) is 2.91. The Bertz CT molecular complexity index is 599. The minimum absolute atomic E-state index is 0.146. The molecular formula is C12H14N6O. The van der Waals surface area contributed by atoms with Crippen LogP contribution < -0.4 is 10.1 Å². The standard InChI is InChI=1S/C12H14N6O/c1-5-12(2,3)19-11-16-9(13-4)15-10(17-11)18-8-6-7-14-18/h1,6-8H,2-4H3,(H,13,15,16,17). The van der Waals surface area contributed by atoms with Crippen molar-refractivity contribution < 1.29 is 4.74 Å². The zero-order valence-corrected chi connectivity index (χ0v) is 11.0. The summed E-state index contributed by atoms with van der Waals surface area (Å²) < 4.78 is 7.06. The van der Waals surface area contributed by atoms with Crippen LogP contribution in [0.15, 0.2) is 18.5 Å². The fourth-order valence-corrected chi connectivity index (χ4v) is 1.25. The molecule has 7 heteroatoms. The molecule has 0 radical (unpaired) electrons. The van der Waals surface area contributed by atoms with Gasteiger partial charge in [0.15, 0.2) is 5.60 Å². The Morgan fingerprint density at radius 2 is 2.16 bits per heavy atom. The van der Waals surface area contributed by atoms with Gasteiger partial charge in [0, 0.05) is 19.4 Å². The quantitative estimate of drug-likeness (QED) is 0.821. The van der Waals surface area contributed by atoms with Crippen molar-refractivity contribution in [3.8, 4) is 24.3 Å². The molecule has 1 N–H and O–H groups in total. The van der Waals surface area contributed by atoms with E-state index in [4.69, 9.17) is 11.2 Å². The van der Waals surface area contributed by atoms with E-state index in [1.165, 1.54) is 4.68 Å². The minimum Gasteiger partial charge on any atom is -0.444 e. The van der Waals surface area contributed by atoms with Crippen LogP contribution in [0.2, 0.25) is 0 Å². The Morgan fingerprint density at radius 3 is 2.74 bits per heavy atom. The van der Waals surface area contributed by atoms with Gasteiger partial charge < -0.3 is 10.1 Å². The van der Waals surface area contributed by atoms with Gasteiger partial charge in [-0.05, 0) is 19.9 Å². The fraction of sp³-hybridized carbons (Fsp3) is 0.333. The number of nitrogens with zero attached hydrogens (tertiary/aromatic N) is 5. The lowest BCUT2D eigenvalue weighted by molar-refractivity contribution is 0.156. The molecule has 2 rings (SSSR count). The highest BCUT2D eigenvalue weighted by molar-refractivity contribution is 5.29. The van der Waals surface area contributed by atoms with Crippen LogP contribution in [0.4, 0.5) is 5.95 Å². The van der Waals surface area contributed by atoms with E-state index >= 15 is 0 Å². The second-order valence-electron chi connectivity index (χ2n) is 4.20. The van der Waals surface area contributed by atoms with E-state index in [0.29, 0.717) is 11.9 Å². The van der Waals surface area contributed by atoms with E-state index in [1.807, 2.05) is 0 Å². The van der Waals surface area contributed by atoms with Gasteiger partial charge in [0.25, 0.3) is 5.95 Å². The summed E-state index contributed by atoms with van der Waals surface area (Å²) in [5.41, 5.74) is -0.798. The lowest BCUT2D eigenvalue weighted by atomic mass is 10.2. The monoisotopic (exact) mass is 258 g/mol. The first-order valence-corrected chi connectivity index (χ1v) is 5.65. The van der Waals surface area contributed by atoms with Gasteiger partial charge in [-0.3, -0.25) is 0 Å². The van der Waals surface area contributed by atoms with Crippen molar-refractivity contribution in [3.63, 3.8) is 0 Å². The minimum atomic E-state index is -0.798. The van der Waals surface area contributed by atoms with E-state index in [0.717, 1.165) is 0 Å². The van der Waals surface area contributed by atoms with E-state index in [-0.39, 0.29) is 6.01 Å². The Labute approximate surface area is 111 Å². The Balaban J connectivity index is 2.40. The number of ether oxygens (including phenoxy) is 1. The van der Waals surface area contributed by atoms with Crippen LogP contribution in [-0.4, -0.2) is 37.4 Å². The van der Waals surface area contributed by atoms with Gasteiger partial charge in [-0.1, -0.05) is 5.92 Å². The normalized spacial score (nSPS) is 10.8. The largest absolute Gasteiger partial charge is 0.444 e. The molecule has 0 fully saturated rings. The predicted octanol–water partition coefficient (Wildman–Crippen LogP) is 0.890. The number of aromatic nitrogens is 5. The second-order valence-corrected chi connectivity index (χ2v) is 4.20. The van der Waals surface area contributed by atoms with Gasteiger partial charge in [0.1, 0.15) is 0 Å². The first kappa shape index (κ1) is 12.8. The molecule has 0 aromatic carbocycles. The third-order valence-corrected chi connectivity index (χ3v) is 2.23. The lowest BCUT2D eigenvalue weighted by Gasteiger charge is -2.18. The highest BCUT2D eigenvalue weighted by Crippen LogP contribution is 2.15. The van der Waals surface area contributed by atoms with E-state index < -0.39 is 5.60 Å². The van der Waals surface area contributed by atoms with Gasteiger partial charge in [-0.25, -0.2) is 4.68 Å². The van der Waals surface area contributed by atoms with Crippen LogP contribution in [0.25, 0.3) is 5.95 Å². The smallest absolute Gasteiger partial charge is 0.324 e. The van der Waals surface area contributed by atoms with E-state index in [1.54, 1.807) is 39.4 Å². The third-order valence-electron chi connectivity index (χ3n) is 2.23. The molecule has 0 unspecified atom stereocenters. The van der Waals surface area contributed by atoms with Gasteiger partial charge >= 0.3 is 6.01 Å². The van der Waals surface area contributed by atoms with Gasteiger partial charge in [0.05, 0.1) is 0 Å². The molecule has 0 aliphatic carbocycles. The summed E-state index contributed by atoms with van der Waals surface area (Å²) in [6.45, 7) is 3.51. The molecule has 2 aromatic rings. The highest BCUT2D eigenvalue weighted by atomic mass is 16.5. The summed E-state index contributed by atoms with van der Waals surface area (Å²) in [6, 6.07) is 1.92. The molecule has 0 amide bonds.